The maximum Gasteiger partial charge on any atom is 0.262 e. The molecular formula is C22H27N5O3S. The van der Waals surface area contributed by atoms with Crippen LogP contribution in [0.5, 0.6) is 0 Å². The minimum atomic E-state index is -3.71. The van der Waals surface area contributed by atoms with Crippen molar-refractivity contribution in [1.29, 1.82) is 0 Å². The van der Waals surface area contributed by atoms with Crippen LogP contribution < -0.4 is 14.9 Å². The van der Waals surface area contributed by atoms with Crippen molar-refractivity contribution in [2.45, 2.75) is 17.7 Å². The molecule has 2 aliphatic rings. The summed E-state index contributed by atoms with van der Waals surface area (Å²) in [6, 6.07) is 16.6. The molecule has 1 amide bonds. The predicted molar refractivity (Wildman–Crippen MR) is 122 cm³/mol. The third-order valence-corrected chi connectivity index (χ3v) is 6.79. The highest BCUT2D eigenvalue weighted by Crippen LogP contribution is 2.18. The third kappa shape index (κ3) is 5.62. The standard InChI is InChI=1S/C22H27N5O3S/c28-22(17-26-12-14-27(15-13-26)19-7-2-1-3-8-19)24-18-6-4-9-20(16-18)31(29,30)25-21-10-5-11-23-21/h1-4,6-9,16H,5,10-15,17H2,(H,23,25)(H,24,28). The summed E-state index contributed by atoms with van der Waals surface area (Å²) in [5.41, 5.74) is 1.66. The van der Waals surface area contributed by atoms with Crippen LogP contribution in [0.1, 0.15) is 12.8 Å². The SMILES string of the molecule is O=C(CN1CCN(c2ccccc2)CC1)Nc1cccc(S(=O)(=O)NC2=NCCC2)c1. The molecule has 164 valence electrons. The number of nitrogens with one attached hydrogen (secondary N) is 2. The molecule has 1 fully saturated rings. The van der Waals surface area contributed by atoms with Crippen molar-refractivity contribution in [2.75, 3.05) is 49.5 Å². The fraction of sp³-hybridized carbons (Fsp3) is 0.364. The molecule has 0 atom stereocenters. The van der Waals surface area contributed by atoms with Gasteiger partial charge in [0, 0.05) is 50.5 Å². The monoisotopic (exact) mass is 441 g/mol. The van der Waals surface area contributed by atoms with Crippen molar-refractivity contribution in [3.8, 4) is 0 Å². The summed E-state index contributed by atoms with van der Waals surface area (Å²) in [6.07, 6.45) is 1.49. The molecule has 2 aromatic rings. The molecule has 0 aromatic heterocycles. The zero-order chi connectivity index (χ0) is 21.7. The highest BCUT2D eigenvalue weighted by atomic mass is 32.2. The molecule has 1 saturated heterocycles. The van der Waals surface area contributed by atoms with Gasteiger partial charge in [0.1, 0.15) is 5.84 Å². The number of rotatable bonds is 6. The van der Waals surface area contributed by atoms with E-state index in [4.69, 9.17) is 0 Å². The second kappa shape index (κ2) is 9.49. The van der Waals surface area contributed by atoms with E-state index in [0.717, 1.165) is 32.6 Å². The number of amidine groups is 1. The minimum absolute atomic E-state index is 0.108. The number of hydrogen-bond donors (Lipinski definition) is 2. The number of carbonyl (C=O) groups is 1. The average molecular weight is 442 g/mol. The van der Waals surface area contributed by atoms with Crippen LogP contribution in [0.25, 0.3) is 0 Å². The summed E-state index contributed by atoms with van der Waals surface area (Å²) < 4.78 is 27.7. The van der Waals surface area contributed by atoms with E-state index in [9.17, 15) is 13.2 Å². The normalized spacial score (nSPS) is 17.3. The molecule has 2 heterocycles. The lowest BCUT2D eigenvalue weighted by Gasteiger charge is -2.35. The van der Waals surface area contributed by atoms with Crippen molar-refractivity contribution in [3.05, 3.63) is 54.6 Å². The number of sulfonamides is 1. The van der Waals surface area contributed by atoms with Crippen LogP contribution in [0.2, 0.25) is 0 Å². The molecule has 4 rings (SSSR count). The number of para-hydroxylation sites is 1. The van der Waals surface area contributed by atoms with Crippen LogP contribution in [-0.2, 0) is 14.8 Å². The number of aliphatic imine (C=N–C) groups is 1. The van der Waals surface area contributed by atoms with Crippen LogP contribution >= 0.6 is 0 Å². The van der Waals surface area contributed by atoms with Gasteiger partial charge in [0.2, 0.25) is 5.91 Å². The Labute approximate surface area is 183 Å². The molecule has 0 saturated carbocycles. The number of benzene rings is 2. The van der Waals surface area contributed by atoms with Gasteiger partial charge in [0.25, 0.3) is 10.0 Å². The number of anilines is 2. The highest BCUT2D eigenvalue weighted by molar-refractivity contribution is 7.90. The van der Waals surface area contributed by atoms with Crippen molar-refractivity contribution in [2.24, 2.45) is 4.99 Å². The number of hydrogen-bond acceptors (Lipinski definition) is 6. The maximum atomic E-state index is 12.6. The molecule has 2 N–H and O–H groups in total. The largest absolute Gasteiger partial charge is 0.369 e. The molecule has 2 aromatic carbocycles. The smallest absolute Gasteiger partial charge is 0.262 e. The van der Waals surface area contributed by atoms with Gasteiger partial charge in [-0.05, 0) is 36.8 Å². The third-order valence-electron chi connectivity index (χ3n) is 5.42. The molecule has 0 aliphatic carbocycles. The number of amides is 1. The van der Waals surface area contributed by atoms with Gasteiger partial charge in [-0.2, -0.15) is 0 Å². The lowest BCUT2D eigenvalue weighted by molar-refractivity contribution is -0.117. The maximum absolute atomic E-state index is 12.6. The lowest BCUT2D eigenvalue weighted by atomic mass is 10.2. The molecular weight excluding hydrogens is 414 g/mol. The molecule has 0 unspecified atom stereocenters. The zero-order valence-corrected chi connectivity index (χ0v) is 18.1. The van der Waals surface area contributed by atoms with Gasteiger partial charge in [0.05, 0.1) is 11.4 Å². The first-order chi connectivity index (χ1) is 15.0. The van der Waals surface area contributed by atoms with E-state index < -0.39 is 10.0 Å². The molecule has 9 heteroatoms. The van der Waals surface area contributed by atoms with Gasteiger partial charge < -0.3 is 10.2 Å². The lowest BCUT2D eigenvalue weighted by Crippen LogP contribution is -2.48. The van der Waals surface area contributed by atoms with Gasteiger partial charge in [-0.25, -0.2) is 8.42 Å². The molecule has 0 bridgehead atoms. The van der Waals surface area contributed by atoms with Crippen molar-refractivity contribution < 1.29 is 13.2 Å². The Balaban J connectivity index is 1.30. The Hall–Kier alpha value is -2.91. The first-order valence-electron chi connectivity index (χ1n) is 10.5. The fourth-order valence-corrected chi connectivity index (χ4v) is 4.92. The van der Waals surface area contributed by atoms with Gasteiger partial charge >= 0.3 is 0 Å². The topological polar surface area (TPSA) is 94.1 Å². The van der Waals surface area contributed by atoms with Crippen molar-refractivity contribution in [3.63, 3.8) is 0 Å². The van der Waals surface area contributed by atoms with E-state index in [0.29, 0.717) is 24.5 Å². The number of nitrogens with zero attached hydrogens (tertiary/aromatic N) is 3. The molecule has 0 spiro atoms. The molecule has 8 nitrogen and oxygen atoms in total. The zero-order valence-electron chi connectivity index (χ0n) is 17.3. The van der Waals surface area contributed by atoms with E-state index in [2.05, 4.69) is 37.0 Å². The summed E-state index contributed by atoms with van der Waals surface area (Å²) in [5, 5.41) is 2.82. The fourth-order valence-electron chi connectivity index (χ4n) is 3.78. The predicted octanol–water partition coefficient (Wildman–Crippen LogP) is 1.92. The van der Waals surface area contributed by atoms with Gasteiger partial charge in [-0.15, -0.1) is 0 Å². The van der Waals surface area contributed by atoms with E-state index >= 15 is 0 Å². The van der Waals surface area contributed by atoms with Crippen molar-refractivity contribution in [1.82, 2.24) is 9.62 Å². The summed E-state index contributed by atoms with van der Waals surface area (Å²) in [5.74, 6) is 0.333. The summed E-state index contributed by atoms with van der Waals surface area (Å²) in [6.45, 7) is 4.23. The first-order valence-corrected chi connectivity index (χ1v) is 12.0. The van der Waals surface area contributed by atoms with Crippen LogP contribution in [0.15, 0.2) is 64.5 Å². The van der Waals surface area contributed by atoms with Crippen LogP contribution in [0, 0.1) is 0 Å². The average Bonchev–Trinajstić information content (AvgIpc) is 3.27. The number of piperazine rings is 1. The molecule has 31 heavy (non-hydrogen) atoms. The Kier molecular flexibility index (Phi) is 6.53. The molecule has 2 aliphatic heterocycles. The van der Waals surface area contributed by atoms with Crippen LogP contribution in [0.3, 0.4) is 0 Å². The Morgan fingerprint density at radius 2 is 1.77 bits per heavy atom. The highest BCUT2D eigenvalue weighted by Gasteiger charge is 2.21. The first kappa shape index (κ1) is 21.3. The van der Waals surface area contributed by atoms with Crippen LogP contribution in [-0.4, -0.2) is 64.3 Å². The summed E-state index contributed by atoms with van der Waals surface area (Å²) in [4.78, 5) is 21.2. The second-order valence-corrected chi connectivity index (χ2v) is 9.39. The van der Waals surface area contributed by atoms with E-state index in [1.54, 1.807) is 12.1 Å². The van der Waals surface area contributed by atoms with E-state index in [-0.39, 0.29) is 17.3 Å². The van der Waals surface area contributed by atoms with E-state index in [1.165, 1.54) is 17.8 Å². The van der Waals surface area contributed by atoms with Gasteiger partial charge in [-0.3, -0.25) is 19.4 Å². The van der Waals surface area contributed by atoms with Gasteiger partial charge in [-0.1, -0.05) is 24.3 Å². The summed E-state index contributed by atoms with van der Waals surface area (Å²) in [7, 11) is -3.71. The minimum Gasteiger partial charge on any atom is -0.369 e. The Morgan fingerprint density at radius 3 is 2.48 bits per heavy atom. The Bertz CT molecular complexity index is 1050. The van der Waals surface area contributed by atoms with Gasteiger partial charge in [0.15, 0.2) is 0 Å². The summed E-state index contributed by atoms with van der Waals surface area (Å²) >= 11 is 0. The number of carbonyl (C=O) groups excluding carboxylic acids is 1. The molecule has 0 radical (unpaired) electrons. The quantitative estimate of drug-likeness (QED) is 0.714. The van der Waals surface area contributed by atoms with Crippen molar-refractivity contribution >= 4 is 33.1 Å². The Morgan fingerprint density at radius 1 is 1.00 bits per heavy atom. The van der Waals surface area contributed by atoms with E-state index in [1.807, 2.05) is 18.2 Å². The van der Waals surface area contributed by atoms with Crippen LogP contribution in [0.4, 0.5) is 11.4 Å². The second-order valence-electron chi connectivity index (χ2n) is 7.71.